The summed E-state index contributed by atoms with van der Waals surface area (Å²) in [5.41, 5.74) is 3.84. The van der Waals surface area contributed by atoms with E-state index in [0.717, 1.165) is 25.1 Å². The Bertz CT molecular complexity index is 622. The number of rotatable bonds is 6. The fourth-order valence-corrected chi connectivity index (χ4v) is 2.46. The van der Waals surface area contributed by atoms with Crippen molar-refractivity contribution >= 4 is 5.97 Å². The zero-order valence-electron chi connectivity index (χ0n) is 12.5. The largest absolute Gasteiger partial charge is 0.478 e. The predicted molar refractivity (Wildman–Crippen MR) is 84.6 cm³/mol. The van der Waals surface area contributed by atoms with Crippen LogP contribution in [0.2, 0.25) is 0 Å². The fraction of sp³-hybridized carbons (Fsp3) is 0.278. The van der Waals surface area contributed by atoms with E-state index in [2.05, 4.69) is 43.1 Å². The quantitative estimate of drug-likeness (QED) is 0.883. The molecule has 0 fully saturated rings. The molecule has 3 heteroatoms. The molecule has 0 radical (unpaired) electrons. The number of carbonyl (C=O) groups is 1. The van der Waals surface area contributed by atoms with Gasteiger partial charge in [-0.05, 0) is 37.6 Å². The van der Waals surface area contributed by atoms with Crippen molar-refractivity contribution in [3.8, 4) is 0 Å². The molecule has 0 atom stereocenters. The lowest BCUT2D eigenvalue weighted by Crippen LogP contribution is -2.21. The van der Waals surface area contributed by atoms with Crippen LogP contribution < -0.4 is 0 Å². The molecule has 0 aliphatic rings. The second kappa shape index (κ2) is 7.04. The van der Waals surface area contributed by atoms with Gasteiger partial charge in [0.1, 0.15) is 0 Å². The van der Waals surface area contributed by atoms with E-state index < -0.39 is 5.97 Å². The van der Waals surface area contributed by atoms with Crippen LogP contribution in [0.15, 0.2) is 48.5 Å². The van der Waals surface area contributed by atoms with Gasteiger partial charge in [0.2, 0.25) is 0 Å². The smallest absolute Gasteiger partial charge is 0.335 e. The van der Waals surface area contributed by atoms with Crippen LogP contribution in [0.4, 0.5) is 0 Å². The van der Waals surface area contributed by atoms with E-state index in [-0.39, 0.29) is 0 Å². The first-order chi connectivity index (χ1) is 10.1. The molecule has 0 aromatic heterocycles. The van der Waals surface area contributed by atoms with Gasteiger partial charge in [0.25, 0.3) is 0 Å². The van der Waals surface area contributed by atoms with E-state index in [4.69, 9.17) is 0 Å². The Morgan fingerprint density at radius 3 is 2.62 bits per heavy atom. The molecular formula is C18H21NO2. The minimum absolute atomic E-state index is 0.404. The molecule has 0 aliphatic heterocycles. The number of aromatic carboxylic acids is 1. The molecule has 2 aromatic rings. The van der Waals surface area contributed by atoms with E-state index in [0.29, 0.717) is 5.56 Å². The molecule has 1 N–H and O–H groups in total. The monoisotopic (exact) mass is 283 g/mol. The lowest BCUT2D eigenvalue weighted by molar-refractivity contribution is 0.0695. The number of aryl methyl sites for hydroxylation is 1. The van der Waals surface area contributed by atoms with Crippen molar-refractivity contribution in [3.63, 3.8) is 0 Å². The number of carboxylic acids is 1. The third kappa shape index (κ3) is 4.43. The first-order valence-electron chi connectivity index (χ1n) is 7.11. The van der Waals surface area contributed by atoms with Gasteiger partial charge in [0.15, 0.2) is 0 Å². The maximum atomic E-state index is 11.2. The summed E-state index contributed by atoms with van der Waals surface area (Å²) in [6.45, 7) is 3.79. The van der Waals surface area contributed by atoms with Crippen molar-refractivity contribution in [1.82, 2.24) is 4.90 Å². The van der Waals surface area contributed by atoms with Crippen molar-refractivity contribution in [3.05, 3.63) is 70.8 Å². The van der Waals surface area contributed by atoms with E-state index in [9.17, 15) is 9.90 Å². The Balaban J connectivity index is 1.95. The van der Waals surface area contributed by atoms with Crippen LogP contribution in [0, 0.1) is 6.92 Å². The maximum absolute atomic E-state index is 11.2. The number of benzene rings is 2. The summed E-state index contributed by atoms with van der Waals surface area (Å²) in [6.07, 6.45) is 0.741. The SMILES string of the molecule is Cc1cccc(CN(C)CCc2ccccc2C(=O)O)c1. The summed E-state index contributed by atoms with van der Waals surface area (Å²) in [5.74, 6) is -0.855. The highest BCUT2D eigenvalue weighted by atomic mass is 16.4. The van der Waals surface area contributed by atoms with Gasteiger partial charge in [0, 0.05) is 13.1 Å². The number of nitrogens with zero attached hydrogens (tertiary/aromatic N) is 1. The van der Waals surface area contributed by atoms with Crippen molar-refractivity contribution < 1.29 is 9.90 Å². The molecule has 3 nitrogen and oxygen atoms in total. The van der Waals surface area contributed by atoms with Crippen LogP contribution in [0.1, 0.15) is 27.0 Å². The molecule has 110 valence electrons. The van der Waals surface area contributed by atoms with E-state index in [1.165, 1.54) is 11.1 Å². The normalized spacial score (nSPS) is 10.8. The number of likely N-dealkylation sites (N-methyl/N-ethyl adjacent to an activating group) is 1. The zero-order valence-corrected chi connectivity index (χ0v) is 12.5. The molecule has 2 rings (SSSR count). The van der Waals surface area contributed by atoms with Crippen molar-refractivity contribution in [2.45, 2.75) is 19.9 Å². The third-order valence-electron chi connectivity index (χ3n) is 3.55. The molecule has 0 bridgehead atoms. The average molecular weight is 283 g/mol. The highest BCUT2D eigenvalue weighted by molar-refractivity contribution is 5.89. The Morgan fingerprint density at radius 2 is 1.90 bits per heavy atom. The van der Waals surface area contributed by atoms with E-state index >= 15 is 0 Å². The standard InChI is InChI=1S/C18H21NO2/c1-14-6-5-7-15(12-14)13-19(2)11-10-16-8-3-4-9-17(16)18(20)21/h3-9,12H,10-11,13H2,1-2H3,(H,20,21). The second-order valence-corrected chi connectivity index (χ2v) is 5.44. The lowest BCUT2D eigenvalue weighted by Gasteiger charge is -2.17. The molecule has 0 unspecified atom stereocenters. The second-order valence-electron chi connectivity index (χ2n) is 5.44. The summed E-state index contributed by atoms with van der Waals surface area (Å²) < 4.78 is 0. The molecule has 0 aliphatic carbocycles. The van der Waals surface area contributed by atoms with Crippen LogP contribution >= 0.6 is 0 Å². The highest BCUT2D eigenvalue weighted by Crippen LogP contribution is 2.11. The maximum Gasteiger partial charge on any atom is 0.335 e. The summed E-state index contributed by atoms with van der Waals surface area (Å²) in [4.78, 5) is 13.4. The highest BCUT2D eigenvalue weighted by Gasteiger charge is 2.09. The predicted octanol–water partition coefficient (Wildman–Crippen LogP) is 3.37. The molecule has 2 aromatic carbocycles. The molecular weight excluding hydrogens is 262 g/mol. The molecule has 0 amide bonds. The van der Waals surface area contributed by atoms with Gasteiger partial charge >= 0.3 is 5.97 Å². The topological polar surface area (TPSA) is 40.5 Å². The van der Waals surface area contributed by atoms with Crippen molar-refractivity contribution in [1.29, 1.82) is 0 Å². The first-order valence-corrected chi connectivity index (χ1v) is 7.11. The van der Waals surface area contributed by atoms with Gasteiger partial charge in [-0.2, -0.15) is 0 Å². The fourth-order valence-electron chi connectivity index (χ4n) is 2.46. The Morgan fingerprint density at radius 1 is 1.14 bits per heavy atom. The Kier molecular flexibility index (Phi) is 5.12. The molecule has 0 saturated carbocycles. The van der Waals surface area contributed by atoms with E-state index in [1.807, 2.05) is 12.1 Å². The molecule has 21 heavy (non-hydrogen) atoms. The Labute approximate surface area is 125 Å². The van der Waals surface area contributed by atoms with Gasteiger partial charge < -0.3 is 10.0 Å². The summed E-state index contributed by atoms with van der Waals surface area (Å²) in [5, 5.41) is 9.18. The van der Waals surface area contributed by atoms with Crippen molar-refractivity contribution in [2.24, 2.45) is 0 Å². The molecule has 0 spiro atoms. The minimum Gasteiger partial charge on any atom is -0.478 e. The Hall–Kier alpha value is -2.13. The lowest BCUT2D eigenvalue weighted by atomic mass is 10.0. The van der Waals surface area contributed by atoms with Crippen LogP contribution in [0.25, 0.3) is 0 Å². The number of carboxylic acid groups (broad SMARTS) is 1. The average Bonchev–Trinajstić information content (AvgIpc) is 2.45. The van der Waals surface area contributed by atoms with Crippen LogP contribution in [-0.2, 0) is 13.0 Å². The summed E-state index contributed by atoms with van der Waals surface area (Å²) in [7, 11) is 2.06. The van der Waals surface area contributed by atoms with Gasteiger partial charge in [0.05, 0.1) is 5.56 Å². The summed E-state index contributed by atoms with van der Waals surface area (Å²) in [6, 6.07) is 15.7. The minimum atomic E-state index is -0.855. The number of hydrogen-bond donors (Lipinski definition) is 1. The number of hydrogen-bond acceptors (Lipinski definition) is 2. The van der Waals surface area contributed by atoms with Crippen LogP contribution in [0.3, 0.4) is 0 Å². The van der Waals surface area contributed by atoms with Crippen LogP contribution in [-0.4, -0.2) is 29.6 Å². The first kappa shape index (κ1) is 15.3. The van der Waals surface area contributed by atoms with Gasteiger partial charge in [-0.25, -0.2) is 4.79 Å². The van der Waals surface area contributed by atoms with Gasteiger partial charge in [-0.3, -0.25) is 0 Å². The van der Waals surface area contributed by atoms with Gasteiger partial charge in [-0.15, -0.1) is 0 Å². The zero-order chi connectivity index (χ0) is 15.2. The summed E-state index contributed by atoms with van der Waals surface area (Å²) >= 11 is 0. The third-order valence-corrected chi connectivity index (χ3v) is 3.55. The molecule has 0 heterocycles. The van der Waals surface area contributed by atoms with E-state index in [1.54, 1.807) is 12.1 Å². The van der Waals surface area contributed by atoms with Crippen LogP contribution in [0.5, 0.6) is 0 Å². The van der Waals surface area contributed by atoms with Crippen molar-refractivity contribution in [2.75, 3.05) is 13.6 Å². The van der Waals surface area contributed by atoms with Gasteiger partial charge in [-0.1, -0.05) is 48.0 Å². The molecule has 0 saturated heterocycles.